The van der Waals surface area contributed by atoms with Gasteiger partial charge in [0.2, 0.25) is 5.88 Å². The van der Waals surface area contributed by atoms with Gasteiger partial charge in [0, 0.05) is 24.9 Å². The molecule has 0 aliphatic carbocycles. The Kier molecular flexibility index (Phi) is 6.37. The second kappa shape index (κ2) is 7.63. The van der Waals surface area contributed by atoms with Crippen molar-refractivity contribution in [3.63, 3.8) is 0 Å². The Bertz CT molecular complexity index is 510. The maximum atomic E-state index is 12.2. The zero-order valence-corrected chi connectivity index (χ0v) is 13.3. The van der Waals surface area contributed by atoms with Crippen LogP contribution in [0.4, 0.5) is 13.2 Å². The van der Waals surface area contributed by atoms with E-state index in [4.69, 9.17) is 5.11 Å². The molecule has 8 heteroatoms. The Morgan fingerprint density at radius 1 is 1.35 bits per heavy atom. The van der Waals surface area contributed by atoms with Crippen molar-refractivity contribution in [1.82, 2.24) is 10.3 Å². The minimum Gasteiger partial charge on any atom is -0.468 e. The van der Waals surface area contributed by atoms with Crippen molar-refractivity contribution in [3.8, 4) is 5.88 Å². The van der Waals surface area contributed by atoms with E-state index in [1.54, 1.807) is 0 Å². The summed E-state index contributed by atoms with van der Waals surface area (Å²) >= 11 is 0. The van der Waals surface area contributed by atoms with Gasteiger partial charge in [-0.25, -0.2) is 4.98 Å². The van der Waals surface area contributed by atoms with Gasteiger partial charge in [0.1, 0.15) is 0 Å². The molecular formula is C15H21F3N2O3. The third-order valence-electron chi connectivity index (χ3n) is 3.15. The second-order valence-corrected chi connectivity index (χ2v) is 6.19. The molecular weight excluding hydrogens is 313 g/mol. The second-order valence-electron chi connectivity index (χ2n) is 6.19. The van der Waals surface area contributed by atoms with E-state index in [1.165, 1.54) is 12.1 Å². The maximum absolute atomic E-state index is 12.2. The Labute approximate surface area is 132 Å². The number of ether oxygens (including phenoxy) is 1. The molecule has 0 radical (unpaired) electrons. The summed E-state index contributed by atoms with van der Waals surface area (Å²) in [4.78, 5) is 15.8. The fourth-order valence-electron chi connectivity index (χ4n) is 1.85. The average Bonchev–Trinajstić information content (AvgIpc) is 2.43. The van der Waals surface area contributed by atoms with Crippen LogP contribution >= 0.6 is 0 Å². The van der Waals surface area contributed by atoms with Crippen LogP contribution in [0.1, 0.15) is 37.6 Å². The molecule has 0 aliphatic heterocycles. The van der Waals surface area contributed by atoms with Crippen LogP contribution in [0.3, 0.4) is 0 Å². The van der Waals surface area contributed by atoms with Gasteiger partial charge in [-0.1, -0.05) is 20.8 Å². The highest BCUT2D eigenvalue weighted by molar-refractivity contribution is 5.94. The number of amides is 1. The van der Waals surface area contributed by atoms with Crippen LogP contribution in [0.5, 0.6) is 5.88 Å². The van der Waals surface area contributed by atoms with Crippen molar-refractivity contribution in [1.29, 1.82) is 0 Å². The lowest BCUT2D eigenvalue weighted by Crippen LogP contribution is -2.44. The summed E-state index contributed by atoms with van der Waals surface area (Å²) in [6.45, 7) is 4.29. The molecule has 1 atom stereocenters. The van der Waals surface area contributed by atoms with E-state index in [0.717, 1.165) is 6.20 Å². The molecule has 0 bridgehead atoms. The van der Waals surface area contributed by atoms with Crippen LogP contribution in [0.25, 0.3) is 0 Å². The number of aliphatic hydroxyl groups excluding tert-OH is 1. The molecule has 5 nitrogen and oxygen atoms in total. The quantitative estimate of drug-likeness (QED) is 0.839. The van der Waals surface area contributed by atoms with Crippen LogP contribution in [-0.4, -0.2) is 41.4 Å². The van der Waals surface area contributed by atoms with Crippen molar-refractivity contribution in [3.05, 3.63) is 23.9 Å². The number of aromatic nitrogens is 1. The van der Waals surface area contributed by atoms with Crippen LogP contribution in [0.15, 0.2) is 18.3 Å². The molecule has 0 spiro atoms. The monoisotopic (exact) mass is 334 g/mol. The third-order valence-corrected chi connectivity index (χ3v) is 3.15. The molecule has 1 aromatic heterocycles. The van der Waals surface area contributed by atoms with Gasteiger partial charge in [-0.2, -0.15) is 13.2 Å². The first-order valence-corrected chi connectivity index (χ1v) is 7.10. The number of carbonyl (C=O) groups is 1. The smallest absolute Gasteiger partial charge is 0.422 e. The lowest BCUT2D eigenvalue weighted by atomic mass is 9.85. The molecule has 0 aliphatic rings. The van der Waals surface area contributed by atoms with Crippen molar-refractivity contribution < 1.29 is 27.8 Å². The van der Waals surface area contributed by atoms with E-state index >= 15 is 0 Å². The van der Waals surface area contributed by atoms with Gasteiger partial charge >= 0.3 is 6.18 Å². The number of hydrogen-bond donors (Lipinski definition) is 2. The summed E-state index contributed by atoms with van der Waals surface area (Å²) in [5.41, 5.74) is -0.0433. The topological polar surface area (TPSA) is 71.5 Å². The fourth-order valence-corrected chi connectivity index (χ4v) is 1.85. The number of halogens is 3. The summed E-state index contributed by atoms with van der Waals surface area (Å²) in [5.74, 6) is -0.616. The average molecular weight is 334 g/mol. The molecule has 1 unspecified atom stereocenters. The van der Waals surface area contributed by atoms with Crippen molar-refractivity contribution in [2.75, 3.05) is 13.2 Å². The Hall–Kier alpha value is -1.83. The highest BCUT2D eigenvalue weighted by atomic mass is 19.4. The predicted octanol–water partition coefficient (Wildman–Crippen LogP) is 2.55. The Morgan fingerprint density at radius 2 is 2.00 bits per heavy atom. The van der Waals surface area contributed by atoms with Gasteiger partial charge in [0.15, 0.2) is 6.61 Å². The van der Waals surface area contributed by atoms with Crippen LogP contribution in [-0.2, 0) is 0 Å². The number of nitrogens with zero attached hydrogens (tertiary/aromatic N) is 1. The number of aliphatic hydroxyl groups is 1. The third kappa shape index (κ3) is 6.85. The molecule has 1 rings (SSSR count). The molecule has 0 fully saturated rings. The van der Waals surface area contributed by atoms with Gasteiger partial charge in [-0.15, -0.1) is 0 Å². The number of rotatable bonds is 6. The number of hydrogen-bond acceptors (Lipinski definition) is 4. The van der Waals surface area contributed by atoms with Gasteiger partial charge in [0.05, 0.1) is 5.56 Å². The lowest BCUT2D eigenvalue weighted by molar-refractivity contribution is -0.154. The van der Waals surface area contributed by atoms with E-state index in [0.29, 0.717) is 6.42 Å². The highest BCUT2D eigenvalue weighted by Gasteiger charge is 2.29. The summed E-state index contributed by atoms with van der Waals surface area (Å²) in [7, 11) is 0. The lowest BCUT2D eigenvalue weighted by Gasteiger charge is -2.31. The molecule has 0 saturated carbocycles. The van der Waals surface area contributed by atoms with E-state index in [9.17, 15) is 18.0 Å². The van der Waals surface area contributed by atoms with Crippen LogP contribution in [0.2, 0.25) is 0 Å². The van der Waals surface area contributed by atoms with Crippen molar-refractivity contribution in [2.24, 2.45) is 5.41 Å². The molecule has 1 heterocycles. The first kappa shape index (κ1) is 19.2. The van der Waals surface area contributed by atoms with E-state index in [1.807, 2.05) is 20.8 Å². The Balaban J connectivity index is 2.70. The van der Waals surface area contributed by atoms with E-state index in [2.05, 4.69) is 15.0 Å². The fraction of sp³-hybridized carbons (Fsp3) is 0.600. The number of carbonyl (C=O) groups excluding carboxylic acids is 1. The standard InChI is InChI=1S/C15H21F3N2O3/c1-14(2,3)11(6-7-21)20-13(22)10-4-5-12(19-8-10)23-9-15(16,17)18/h4-5,8,11,21H,6-7,9H2,1-3H3,(H,20,22). The molecule has 0 saturated heterocycles. The van der Waals surface area contributed by atoms with Gasteiger partial charge in [-0.05, 0) is 17.9 Å². The molecule has 23 heavy (non-hydrogen) atoms. The molecule has 130 valence electrons. The van der Waals surface area contributed by atoms with Crippen LogP contribution in [0, 0.1) is 5.41 Å². The minimum atomic E-state index is -4.44. The zero-order valence-electron chi connectivity index (χ0n) is 13.3. The SMILES string of the molecule is CC(C)(C)C(CCO)NC(=O)c1ccc(OCC(F)(F)F)nc1. The molecule has 0 aromatic carbocycles. The Morgan fingerprint density at radius 3 is 2.43 bits per heavy atom. The predicted molar refractivity (Wildman–Crippen MR) is 78.2 cm³/mol. The highest BCUT2D eigenvalue weighted by Crippen LogP contribution is 2.22. The number of nitrogens with one attached hydrogen (secondary N) is 1. The largest absolute Gasteiger partial charge is 0.468 e. The van der Waals surface area contributed by atoms with Gasteiger partial charge in [0.25, 0.3) is 5.91 Å². The molecule has 1 amide bonds. The van der Waals surface area contributed by atoms with Gasteiger partial charge < -0.3 is 15.2 Å². The summed E-state index contributed by atoms with van der Waals surface area (Å²) in [6.07, 6.45) is -2.89. The molecule has 1 aromatic rings. The van der Waals surface area contributed by atoms with Crippen molar-refractivity contribution >= 4 is 5.91 Å². The normalized spacial score (nSPS) is 13.5. The van der Waals surface area contributed by atoms with Crippen LogP contribution < -0.4 is 10.1 Å². The molecule has 2 N–H and O–H groups in total. The number of pyridine rings is 1. The van der Waals surface area contributed by atoms with E-state index in [-0.39, 0.29) is 29.5 Å². The maximum Gasteiger partial charge on any atom is 0.422 e. The van der Waals surface area contributed by atoms with Gasteiger partial charge in [-0.3, -0.25) is 4.79 Å². The van der Waals surface area contributed by atoms with E-state index < -0.39 is 18.7 Å². The summed E-state index contributed by atoms with van der Waals surface area (Å²) < 4.78 is 40.6. The first-order valence-electron chi connectivity index (χ1n) is 7.10. The summed E-state index contributed by atoms with van der Waals surface area (Å²) in [5, 5.41) is 11.9. The summed E-state index contributed by atoms with van der Waals surface area (Å²) in [6, 6.07) is 2.30. The first-order chi connectivity index (χ1) is 10.5. The zero-order chi connectivity index (χ0) is 17.7. The van der Waals surface area contributed by atoms with Crippen molar-refractivity contribution in [2.45, 2.75) is 39.4 Å². The minimum absolute atomic E-state index is 0.0648. The number of alkyl halides is 3.